The average Bonchev–Trinajstić information content (AvgIpc) is 2.33. The van der Waals surface area contributed by atoms with Gasteiger partial charge in [-0.05, 0) is 44.7 Å². The summed E-state index contributed by atoms with van der Waals surface area (Å²) in [6, 6.07) is 9.35. The van der Waals surface area contributed by atoms with Crippen molar-refractivity contribution in [2.75, 3.05) is 5.32 Å². The Morgan fingerprint density at radius 3 is 2.31 bits per heavy atom. The summed E-state index contributed by atoms with van der Waals surface area (Å²) in [5.41, 5.74) is 2.60. The van der Waals surface area contributed by atoms with Gasteiger partial charge >= 0.3 is 0 Å². The topological polar surface area (TPSA) is 12.0 Å². The lowest BCUT2D eigenvalue weighted by atomic mass is 9.84. The van der Waals surface area contributed by atoms with Crippen LogP contribution in [0.2, 0.25) is 0 Å². The van der Waals surface area contributed by atoms with Crippen molar-refractivity contribution in [3.63, 3.8) is 0 Å². The van der Waals surface area contributed by atoms with Gasteiger partial charge in [-0.25, -0.2) is 0 Å². The number of hydrogen-bond acceptors (Lipinski definition) is 1. The second kappa shape index (κ2) is 5.38. The molecule has 0 heterocycles. The largest absolute Gasteiger partial charge is 0.382 e. The highest BCUT2D eigenvalue weighted by molar-refractivity contribution is 5.45. The third-order valence-electron chi connectivity index (χ3n) is 3.80. The maximum atomic E-state index is 3.64. The second-order valence-electron chi connectivity index (χ2n) is 5.20. The molecular weight excluding hydrogens is 194 g/mol. The molecule has 1 aliphatic rings. The van der Waals surface area contributed by atoms with E-state index in [9.17, 15) is 0 Å². The third-order valence-corrected chi connectivity index (χ3v) is 3.80. The van der Waals surface area contributed by atoms with Gasteiger partial charge in [-0.1, -0.05) is 37.0 Å². The van der Waals surface area contributed by atoms with Gasteiger partial charge in [0, 0.05) is 11.7 Å². The Bertz CT molecular complexity index is 309. The van der Waals surface area contributed by atoms with E-state index in [1.807, 2.05) is 0 Å². The highest BCUT2D eigenvalue weighted by Gasteiger charge is 2.19. The maximum absolute atomic E-state index is 3.64. The zero-order valence-electron chi connectivity index (χ0n) is 10.5. The van der Waals surface area contributed by atoms with E-state index in [2.05, 4.69) is 43.4 Å². The summed E-state index contributed by atoms with van der Waals surface area (Å²) < 4.78 is 0. The average molecular weight is 217 g/mol. The van der Waals surface area contributed by atoms with Crippen LogP contribution in [0.3, 0.4) is 0 Å². The van der Waals surface area contributed by atoms with Crippen molar-refractivity contribution in [2.45, 2.75) is 52.0 Å². The first-order chi connectivity index (χ1) is 7.75. The minimum absolute atomic E-state index is 0.614. The molecule has 0 aliphatic heterocycles. The standard InChI is InChI=1S/C15H23N/c1-12-8-10-15(11-9-12)16-13(2)14-6-4-3-5-7-14/h8-11,13-14,16H,3-7H2,1-2H3. The van der Waals surface area contributed by atoms with Crippen molar-refractivity contribution in [3.8, 4) is 0 Å². The van der Waals surface area contributed by atoms with E-state index >= 15 is 0 Å². The van der Waals surface area contributed by atoms with Gasteiger partial charge in [0.15, 0.2) is 0 Å². The monoisotopic (exact) mass is 217 g/mol. The van der Waals surface area contributed by atoms with Gasteiger partial charge in [-0.2, -0.15) is 0 Å². The van der Waals surface area contributed by atoms with E-state index in [0.717, 1.165) is 5.92 Å². The smallest absolute Gasteiger partial charge is 0.0342 e. The molecule has 0 amide bonds. The molecule has 0 spiro atoms. The van der Waals surface area contributed by atoms with Crippen LogP contribution in [0.15, 0.2) is 24.3 Å². The zero-order valence-corrected chi connectivity index (χ0v) is 10.5. The molecule has 0 bridgehead atoms. The fourth-order valence-corrected chi connectivity index (χ4v) is 2.66. The molecule has 16 heavy (non-hydrogen) atoms. The van der Waals surface area contributed by atoms with E-state index < -0.39 is 0 Å². The molecule has 0 radical (unpaired) electrons. The molecular formula is C15H23N. The number of hydrogen-bond donors (Lipinski definition) is 1. The van der Waals surface area contributed by atoms with Crippen LogP contribution in [0.4, 0.5) is 5.69 Å². The van der Waals surface area contributed by atoms with Gasteiger partial charge in [0.1, 0.15) is 0 Å². The summed E-state index contributed by atoms with van der Waals surface area (Å²) in [4.78, 5) is 0. The molecule has 1 atom stereocenters. The van der Waals surface area contributed by atoms with Crippen LogP contribution >= 0.6 is 0 Å². The lowest BCUT2D eigenvalue weighted by Gasteiger charge is -2.29. The first kappa shape index (κ1) is 11.5. The second-order valence-corrected chi connectivity index (χ2v) is 5.20. The number of aryl methyl sites for hydroxylation is 1. The molecule has 1 unspecified atom stereocenters. The highest BCUT2D eigenvalue weighted by atomic mass is 14.9. The molecule has 0 aromatic heterocycles. The number of anilines is 1. The van der Waals surface area contributed by atoms with E-state index in [-0.39, 0.29) is 0 Å². The van der Waals surface area contributed by atoms with Gasteiger partial charge in [-0.3, -0.25) is 0 Å². The van der Waals surface area contributed by atoms with Crippen LogP contribution < -0.4 is 5.32 Å². The highest BCUT2D eigenvalue weighted by Crippen LogP contribution is 2.28. The summed E-state index contributed by atoms with van der Waals surface area (Å²) >= 11 is 0. The van der Waals surface area contributed by atoms with Gasteiger partial charge in [0.25, 0.3) is 0 Å². The van der Waals surface area contributed by atoms with Gasteiger partial charge in [0.2, 0.25) is 0 Å². The summed E-state index contributed by atoms with van der Waals surface area (Å²) in [6.45, 7) is 4.46. The van der Waals surface area contributed by atoms with E-state index in [1.165, 1.54) is 43.4 Å². The Kier molecular flexibility index (Phi) is 3.87. The van der Waals surface area contributed by atoms with E-state index in [4.69, 9.17) is 0 Å². The Labute approximate surface area is 99.3 Å². The molecule has 2 rings (SSSR count). The lowest BCUT2D eigenvalue weighted by Crippen LogP contribution is -2.27. The summed E-state index contributed by atoms with van der Waals surface area (Å²) in [5, 5.41) is 3.64. The molecule has 1 aromatic carbocycles. The Morgan fingerprint density at radius 2 is 1.69 bits per heavy atom. The summed E-state index contributed by atoms with van der Waals surface area (Å²) in [5.74, 6) is 0.870. The minimum Gasteiger partial charge on any atom is -0.382 e. The van der Waals surface area contributed by atoms with Gasteiger partial charge in [0.05, 0.1) is 0 Å². The predicted octanol–water partition coefficient (Wildman–Crippen LogP) is 4.38. The fraction of sp³-hybridized carbons (Fsp3) is 0.600. The third kappa shape index (κ3) is 3.01. The van der Waals surface area contributed by atoms with Crippen LogP contribution in [0.25, 0.3) is 0 Å². The molecule has 0 saturated heterocycles. The summed E-state index contributed by atoms with van der Waals surface area (Å²) in [6.07, 6.45) is 7.09. The van der Waals surface area contributed by atoms with Crippen molar-refractivity contribution in [1.29, 1.82) is 0 Å². The van der Waals surface area contributed by atoms with Crippen molar-refractivity contribution >= 4 is 5.69 Å². The van der Waals surface area contributed by atoms with Gasteiger partial charge < -0.3 is 5.32 Å². The molecule has 1 heteroatoms. The molecule has 1 aromatic rings. The normalized spacial score (nSPS) is 19.4. The Morgan fingerprint density at radius 1 is 1.06 bits per heavy atom. The minimum atomic E-state index is 0.614. The van der Waals surface area contributed by atoms with Crippen molar-refractivity contribution in [2.24, 2.45) is 5.92 Å². The molecule has 1 fully saturated rings. The molecule has 1 nitrogen and oxygen atoms in total. The lowest BCUT2D eigenvalue weighted by molar-refractivity contribution is 0.328. The quantitative estimate of drug-likeness (QED) is 0.792. The maximum Gasteiger partial charge on any atom is 0.0342 e. The van der Waals surface area contributed by atoms with E-state index in [1.54, 1.807) is 0 Å². The number of rotatable bonds is 3. The Balaban J connectivity index is 1.90. The summed E-state index contributed by atoms with van der Waals surface area (Å²) in [7, 11) is 0. The van der Waals surface area contributed by atoms with Crippen LogP contribution in [0.1, 0.15) is 44.6 Å². The van der Waals surface area contributed by atoms with Crippen molar-refractivity contribution < 1.29 is 0 Å². The van der Waals surface area contributed by atoms with Crippen LogP contribution in [-0.2, 0) is 0 Å². The van der Waals surface area contributed by atoms with Crippen molar-refractivity contribution in [1.82, 2.24) is 0 Å². The molecule has 1 saturated carbocycles. The Hall–Kier alpha value is -0.980. The first-order valence-electron chi connectivity index (χ1n) is 6.59. The van der Waals surface area contributed by atoms with Gasteiger partial charge in [-0.15, -0.1) is 0 Å². The SMILES string of the molecule is Cc1ccc(NC(C)C2CCCCC2)cc1. The fourth-order valence-electron chi connectivity index (χ4n) is 2.66. The molecule has 88 valence electrons. The van der Waals surface area contributed by atoms with E-state index in [0.29, 0.717) is 6.04 Å². The molecule has 1 aliphatic carbocycles. The first-order valence-corrected chi connectivity index (χ1v) is 6.59. The number of benzene rings is 1. The molecule has 1 N–H and O–H groups in total. The van der Waals surface area contributed by atoms with Crippen LogP contribution in [0, 0.1) is 12.8 Å². The van der Waals surface area contributed by atoms with Crippen molar-refractivity contribution in [3.05, 3.63) is 29.8 Å². The van der Waals surface area contributed by atoms with Crippen LogP contribution in [-0.4, -0.2) is 6.04 Å². The number of nitrogens with one attached hydrogen (secondary N) is 1. The van der Waals surface area contributed by atoms with Crippen LogP contribution in [0.5, 0.6) is 0 Å². The zero-order chi connectivity index (χ0) is 11.4. The predicted molar refractivity (Wildman–Crippen MR) is 70.8 cm³/mol.